The van der Waals surface area contributed by atoms with Gasteiger partial charge in [0.25, 0.3) is 10.0 Å². The van der Waals surface area contributed by atoms with Crippen molar-refractivity contribution < 1.29 is 27.5 Å². The Morgan fingerprint density at radius 1 is 0.861 bits per heavy atom. The van der Waals surface area contributed by atoms with Crippen LogP contribution >= 0.6 is 0 Å². The van der Waals surface area contributed by atoms with Gasteiger partial charge in [-0.2, -0.15) is 0 Å². The highest BCUT2D eigenvalue weighted by molar-refractivity contribution is 7.92. The van der Waals surface area contributed by atoms with Crippen molar-refractivity contribution in [2.24, 2.45) is 0 Å². The summed E-state index contributed by atoms with van der Waals surface area (Å²) in [6.07, 6.45) is 1.25. The van der Waals surface area contributed by atoms with E-state index >= 15 is 0 Å². The van der Waals surface area contributed by atoms with Crippen LogP contribution in [0.25, 0.3) is 6.08 Å². The van der Waals surface area contributed by atoms with E-state index in [0.29, 0.717) is 5.56 Å². The number of sulfonamides is 1. The van der Waals surface area contributed by atoms with Gasteiger partial charge in [-0.1, -0.05) is 65.9 Å². The summed E-state index contributed by atoms with van der Waals surface area (Å²) in [6.45, 7) is 1.68. The number of hydrogen-bond donors (Lipinski definition) is 0. The van der Waals surface area contributed by atoms with Gasteiger partial charge in [-0.25, -0.2) is 18.0 Å². The zero-order valence-corrected chi connectivity index (χ0v) is 20.9. The molecule has 0 aromatic heterocycles. The number of para-hydroxylation sites is 1. The third-order valence-corrected chi connectivity index (χ3v) is 6.93. The Morgan fingerprint density at radius 3 is 2.06 bits per heavy atom. The maximum Gasteiger partial charge on any atom is 0.345 e. The number of hydrogen-bond acceptors (Lipinski definition) is 6. The number of esters is 2. The first-order chi connectivity index (χ1) is 17.3. The average molecular weight is 504 g/mol. The Hall–Kier alpha value is -4.35. The molecule has 0 spiro atoms. The third-order valence-electron chi connectivity index (χ3n) is 5.15. The van der Waals surface area contributed by atoms with Crippen LogP contribution in [-0.4, -0.2) is 41.1 Å². The molecule has 7 nitrogen and oxygen atoms in total. The van der Waals surface area contributed by atoms with Gasteiger partial charge in [0, 0.05) is 5.56 Å². The summed E-state index contributed by atoms with van der Waals surface area (Å²) in [4.78, 5) is 24.5. The second-order valence-electron chi connectivity index (χ2n) is 7.59. The van der Waals surface area contributed by atoms with Crippen LogP contribution in [0.1, 0.15) is 16.7 Å². The van der Waals surface area contributed by atoms with Gasteiger partial charge in [-0.05, 0) is 48.9 Å². The van der Waals surface area contributed by atoms with Crippen LogP contribution in [0.5, 0.6) is 0 Å². The number of nitrogens with zero attached hydrogens (tertiary/aromatic N) is 1. The van der Waals surface area contributed by atoms with Gasteiger partial charge < -0.3 is 9.47 Å². The smallest absolute Gasteiger partial charge is 0.345 e. The van der Waals surface area contributed by atoms with Gasteiger partial charge in [-0.3, -0.25) is 4.31 Å². The van der Waals surface area contributed by atoms with E-state index in [4.69, 9.17) is 9.47 Å². The Labute approximate surface area is 211 Å². The van der Waals surface area contributed by atoms with E-state index in [9.17, 15) is 18.0 Å². The van der Waals surface area contributed by atoms with Crippen molar-refractivity contribution >= 4 is 33.7 Å². The molecule has 0 saturated carbocycles. The molecule has 0 unspecified atom stereocenters. The fraction of sp³-hybridized carbons (Fsp3) is 0.143. The molecule has 0 saturated heterocycles. The van der Waals surface area contributed by atoms with E-state index in [1.165, 1.54) is 18.2 Å². The molecular formula is C28H25NO6S. The van der Waals surface area contributed by atoms with Gasteiger partial charge in [0.2, 0.25) is 0 Å². The lowest BCUT2D eigenvalue weighted by atomic mass is 10.1. The van der Waals surface area contributed by atoms with E-state index in [2.05, 4.69) is 11.8 Å². The molecule has 0 atom stereocenters. The normalized spacial score (nSPS) is 10.4. The molecule has 0 aliphatic heterocycles. The van der Waals surface area contributed by atoms with Crippen LogP contribution in [0.15, 0.2) is 89.3 Å². The predicted molar refractivity (Wildman–Crippen MR) is 137 cm³/mol. The Morgan fingerprint density at radius 2 is 1.44 bits per heavy atom. The second kappa shape index (κ2) is 11.9. The highest BCUT2D eigenvalue weighted by Gasteiger charge is 2.27. The van der Waals surface area contributed by atoms with E-state index in [1.54, 1.807) is 36.4 Å². The summed E-state index contributed by atoms with van der Waals surface area (Å²) < 4.78 is 38.1. The Kier molecular flexibility index (Phi) is 8.66. The number of rotatable bonds is 7. The van der Waals surface area contributed by atoms with Crippen LogP contribution in [-0.2, 0) is 29.1 Å². The molecule has 3 aromatic carbocycles. The number of aryl methyl sites for hydroxylation is 1. The van der Waals surface area contributed by atoms with Gasteiger partial charge in [0.05, 0.1) is 31.3 Å². The van der Waals surface area contributed by atoms with Crippen molar-refractivity contribution in [3.05, 3.63) is 101 Å². The van der Waals surface area contributed by atoms with Crippen molar-refractivity contribution in [1.29, 1.82) is 0 Å². The van der Waals surface area contributed by atoms with Crippen LogP contribution in [0.4, 0.5) is 5.69 Å². The lowest BCUT2D eigenvalue weighted by Gasteiger charge is -2.24. The molecule has 0 aliphatic carbocycles. The first kappa shape index (κ1) is 26.3. The van der Waals surface area contributed by atoms with Gasteiger partial charge in [0.15, 0.2) is 0 Å². The highest BCUT2D eigenvalue weighted by Crippen LogP contribution is 2.29. The molecule has 0 N–H and O–H groups in total. The molecule has 184 valence electrons. The zero-order chi connectivity index (χ0) is 26.1. The molecule has 0 fully saturated rings. The van der Waals surface area contributed by atoms with Gasteiger partial charge in [-0.15, -0.1) is 0 Å². The molecule has 8 heteroatoms. The SMILES string of the molecule is COC(=O)C(=Cc1ccccc1N(CC#Cc1ccccc1)S(=O)(=O)c1ccc(C)cc1)C(=O)OC. The maximum absolute atomic E-state index is 13.8. The summed E-state index contributed by atoms with van der Waals surface area (Å²) in [5.41, 5.74) is 1.78. The minimum atomic E-state index is -4.07. The molecule has 3 rings (SSSR count). The minimum Gasteiger partial charge on any atom is -0.465 e. The van der Waals surface area contributed by atoms with Gasteiger partial charge in [0.1, 0.15) is 5.57 Å². The molecular weight excluding hydrogens is 478 g/mol. The molecule has 0 bridgehead atoms. The van der Waals surface area contributed by atoms with Gasteiger partial charge >= 0.3 is 11.9 Å². The minimum absolute atomic E-state index is 0.0783. The number of methoxy groups -OCH3 is 2. The summed E-state index contributed by atoms with van der Waals surface area (Å²) in [5, 5.41) is 0. The number of carbonyl (C=O) groups excluding carboxylic acids is 2. The number of carbonyl (C=O) groups is 2. The Balaban J connectivity index is 2.17. The highest BCUT2D eigenvalue weighted by atomic mass is 32.2. The number of anilines is 1. The predicted octanol–water partition coefficient (Wildman–Crippen LogP) is 3.97. The van der Waals surface area contributed by atoms with Crippen molar-refractivity contribution in [3.63, 3.8) is 0 Å². The standard InChI is InChI=1S/C28H25NO6S/c1-21-15-17-24(18-16-21)36(32,33)29(19-9-12-22-10-5-4-6-11-22)26-14-8-7-13-23(26)20-25(27(30)34-2)28(31)35-3/h4-8,10-11,13-18,20H,19H2,1-3H3. The van der Waals surface area contributed by atoms with Crippen LogP contribution < -0.4 is 4.31 Å². The quantitative estimate of drug-likeness (QED) is 0.159. The molecule has 0 heterocycles. The van der Waals surface area contributed by atoms with Crippen molar-refractivity contribution in [1.82, 2.24) is 0 Å². The molecule has 0 radical (unpaired) electrons. The third kappa shape index (κ3) is 6.20. The first-order valence-corrected chi connectivity index (χ1v) is 12.3. The van der Waals surface area contributed by atoms with E-state index in [-0.39, 0.29) is 22.7 Å². The second-order valence-corrected chi connectivity index (χ2v) is 9.45. The van der Waals surface area contributed by atoms with Crippen molar-refractivity contribution in [2.75, 3.05) is 25.1 Å². The summed E-state index contributed by atoms with van der Waals surface area (Å²) in [7, 11) is -1.79. The largest absolute Gasteiger partial charge is 0.465 e. The first-order valence-electron chi connectivity index (χ1n) is 10.9. The van der Waals surface area contributed by atoms with Crippen LogP contribution in [0, 0.1) is 18.8 Å². The summed E-state index contributed by atoms with van der Waals surface area (Å²) in [6, 6.07) is 22.1. The molecule has 36 heavy (non-hydrogen) atoms. The monoisotopic (exact) mass is 503 g/mol. The lowest BCUT2D eigenvalue weighted by molar-refractivity contribution is -0.143. The summed E-state index contributed by atoms with van der Waals surface area (Å²) >= 11 is 0. The number of ether oxygens (including phenoxy) is 2. The van der Waals surface area contributed by atoms with Crippen LogP contribution in [0.3, 0.4) is 0 Å². The van der Waals surface area contributed by atoms with Crippen molar-refractivity contribution in [3.8, 4) is 11.8 Å². The fourth-order valence-corrected chi connectivity index (χ4v) is 4.68. The van der Waals surface area contributed by atoms with E-state index in [0.717, 1.165) is 29.7 Å². The lowest BCUT2D eigenvalue weighted by Crippen LogP contribution is -2.32. The van der Waals surface area contributed by atoms with E-state index < -0.39 is 22.0 Å². The molecule has 0 aliphatic rings. The number of benzene rings is 3. The maximum atomic E-state index is 13.8. The van der Waals surface area contributed by atoms with Crippen LogP contribution in [0.2, 0.25) is 0 Å². The van der Waals surface area contributed by atoms with E-state index in [1.807, 2.05) is 37.3 Å². The van der Waals surface area contributed by atoms with Crippen molar-refractivity contribution in [2.45, 2.75) is 11.8 Å². The average Bonchev–Trinajstić information content (AvgIpc) is 2.90. The zero-order valence-electron chi connectivity index (χ0n) is 20.1. The molecule has 3 aromatic rings. The fourth-order valence-electron chi connectivity index (χ4n) is 3.29. The molecule has 0 amide bonds. The Bertz CT molecular complexity index is 1410. The summed E-state index contributed by atoms with van der Waals surface area (Å²) in [5.74, 6) is 4.08. The topological polar surface area (TPSA) is 90.0 Å².